The van der Waals surface area contributed by atoms with Gasteiger partial charge in [-0.3, -0.25) is 4.57 Å². The molecule has 6 aromatic carbocycles. The van der Waals surface area contributed by atoms with Gasteiger partial charge >= 0.3 is 0 Å². The Labute approximate surface area is 247 Å². The van der Waals surface area contributed by atoms with Crippen LogP contribution in [0.15, 0.2) is 140 Å². The van der Waals surface area contributed by atoms with Gasteiger partial charge in [-0.25, -0.2) is 9.97 Å². The molecule has 5 heteroatoms. The maximum atomic E-state index is 6.73. The van der Waals surface area contributed by atoms with Crippen LogP contribution < -0.4 is 9.47 Å². The molecule has 0 radical (unpaired) electrons. The highest BCUT2D eigenvalue weighted by Crippen LogP contribution is 2.51. The number of rotatable bonds is 3. The van der Waals surface area contributed by atoms with E-state index in [-0.39, 0.29) is 0 Å². The fraction of sp³-hybridized carbons (Fsp3) is 0. The summed E-state index contributed by atoms with van der Waals surface area (Å²) in [6, 6.07) is 47.2. The topological polar surface area (TPSA) is 49.2 Å². The Balaban J connectivity index is 1.33. The summed E-state index contributed by atoms with van der Waals surface area (Å²) in [5, 5.41) is 4.36. The number of fused-ring (bicyclic) bond motifs is 7. The van der Waals surface area contributed by atoms with Gasteiger partial charge in [0.2, 0.25) is 0 Å². The van der Waals surface area contributed by atoms with E-state index in [2.05, 4.69) is 65.2 Å². The van der Waals surface area contributed by atoms with Gasteiger partial charge in [-0.15, -0.1) is 0 Å². The number of nitrogens with zero attached hydrogens (tertiary/aromatic N) is 3. The summed E-state index contributed by atoms with van der Waals surface area (Å²) < 4.78 is 15.4. The fourth-order valence-electron chi connectivity index (χ4n) is 6.03. The monoisotopic (exact) mass is 553 g/mol. The van der Waals surface area contributed by atoms with Crippen molar-refractivity contribution < 1.29 is 9.47 Å². The molecule has 202 valence electrons. The third-order valence-electron chi connectivity index (χ3n) is 8.04. The zero-order valence-electron chi connectivity index (χ0n) is 22.9. The molecule has 3 heterocycles. The average molecular weight is 554 g/mol. The standard InChI is InChI=1S/C38H23N3O2/c1-3-11-24(12-4-1)30-23-35(40-38(39-30)25-13-5-2-6-14-25)41-31-18-10-9-17-28(31)29-19-20-32-37(36(29)41)43-34-22-27-16-8-7-15-26(27)21-33(34)42-32/h1-23H. The molecule has 1 aliphatic rings. The van der Waals surface area contributed by atoms with Crippen molar-refractivity contribution in [2.45, 2.75) is 0 Å². The number of aromatic nitrogens is 3. The molecule has 0 unspecified atom stereocenters. The van der Waals surface area contributed by atoms with Crippen molar-refractivity contribution in [2.24, 2.45) is 0 Å². The van der Waals surface area contributed by atoms with Crippen molar-refractivity contribution in [3.8, 4) is 51.5 Å². The highest BCUT2D eigenvalue weighted by atomic mass is 16.6. The molecule has 0 atom stereocenters. The van der Waals surface area contributed by atoms with Crippen molar-refractivity contribution in [1.82, 2.24) is 14.5 Å². The molecule has 0 spiro atoms. The van der Waals surface area contributed by atoms with Crippen LogP contribution in [-0.2, 0) is 0 Å². The van der Waals surface area contributed by atoms with E-state index in [1.54, 1.807) is 0 Å². The number of para-hydroxylation sites is 1. The first kappa shape index (κ1) is 23.7. The Morgan fingerprint density at radius 3 is 1.91 bits per heavy atom. The van der Waals surface area contributed by atoms with E-state index in [1.165, 1.54) is 0 Å². The summed E-state index contributed by atoms with van der Waals surface area (Å²) in [6.07, 6.45) is 0. The third kappa shape index (κ3) is 3.79. The van der Waals surface area contributed by atoms with Gasteiger partial charge in [0.15, 0.2) is 28.8 Å². The van der Waals surface area contributed by atoms with Crippen molar-refractivity contribution in [3.63, 3.8) is 0 Å². The van der Waals surface area contributed by atoms with Gasteiger partial charge in [0.1, 0.15) is 11.3 Å². The first-order valence-corrected chi connectivity index (χ1v) is 14.3. The summed E-state index contributed by atoms with van der Waals surface area (Å²) in [5.41, 5.74) is 4.73. The van der Waals surface area contributed by atoms with Gasteiger partial charge in [0.25, 0.3) is 0 Å². The Bertz CT molecular complexity index is 2290. The Hall–Kier alpha value is -5.94. The zero-order chi connectivity index (χ0) is 28.3. The van der Waals surface area contributed by atoms with E-state index in [0.29, 0.717) is 28.8 Å². The van der Waals surface area contributed by atoms with Gasteiger partial charge in [-0.05, 0) is 41.1 Å². The molecule has 0 bridgehead atoms. The van der Waals surface area contributed by atoms with Crippen molar-refractivity contribution in [3.05, 3.63) is 140 Å². The molecular formula is C38H23N3O2. The van der Waals surface area contributed by atoms with E-state index in [4.69, 9.17) is 19.4 Å². The predicted molar refractivity (Wildman–Crippen MR) is 171 cm³/mol. The van der Waals surface area contributed by atoms with Crippen LogP contribution in [-0.4, -0.2) is 14.5 Å². The Morgan fingerprint density at radius 1 is 0.488 bits per heavy atom. The molecule has 43 heavy (non-hydrogen) atoms. The average Bonchev–Trinajstić information content (AvgIpc) is 3.42. The molecule has 0 amide bonds. The Kier molecular flexibility index (Phi) is 5.13. The normalized spacial score (nSPS) is 12.1. The van der Waals surface area contributed by atoms with Crippen LogP contribution in [0.1, 0.15) is 0 Å². The quantitative estimate of drug-likeness (QED) is 0.218. The molecule has 0 N–H and O–H groups in total. The molecule has 5 nitrogen and oxygen atoms in total. The summed E-state index contributed by atoms with van der Waals surface area (Å²) in [6.45, 7) is 0. The summed E-state index contributed by atoms with van der Waals surface area (Å²) in [5.74, 6) is 4.13. The first-order valence-electron chi connectivity index (χ1n) is 14.3. The molecule has 2 aromatic heterocycles. The highest BCUT2D eigenvalue weighted by Gasteiger charge is 2.27. The summed E-state index contributed by atoms with van der Waals surface area (Å²) in [4.78, 5) is 10.2. The fourth-order valence-corrected chi connectivity index (χ4v) is 6.03. The van der Waals surface area contributed by atoms with E-state index in [0.717, 1.165) is 55.2 Å². The van der Waals surface area contributed by atoms with Gasteiger partial charge in [-0.1, -0.05) is 103 Å². The third-order valence-corrected chi connectivity index (χ3v) is 8.04. The number of ether oxygens (including phenoxy) is 2. The molecule has 0 saturated carbocycles. The maximum absolute atomic E-state index is 6.73. The molecule has 0 fully saturated rings. The molecular weight excluding hydrogens is 530 g/mol. The lowest BCUT2D eigenvalue weighted by Gasteiger charge is -2.23. The number of hydrogen-bond donors (Lipinski definition) is 0. The molecule has 0 saturated heterocycles. The highest BCUT2D eigenvalue weighted by molar-refractivity contribution is 6.12. The minimum absolute atomic E-state index is 0.654. The van der Waals surface area contributed by atoms with E-state index >= 15 is 0 Å². The molecule has 9 rings (SSSR count). The minimum Gasteiger partial charge on any atom is -0.449 e. The first-order chi connectivity index (χ1) is 21.3. The Morgan fingerprint density at radius 2 is 1.14 bits per heavy atom. The van der Waals surface area contributed by atoms with Crippen LogP contribution in [0.4, 0.5) is 0 Å². The van der Waals surface area contributed by atoms with Gasteiger partial charge in [-0.2, -0.15) is 0 Å². The van der Waals surface area contributed by atoms with Gasteiger partial charge in [0, 0.05) is 28.0 Å². The van der Waals surface area contributed by atoms with Gasteiger partial charge < -0.3 is 9.47 Å². The largest absolute Gasteiger partial charge is 0.449 e. The second-order valence-corrected chi connectivity index (χ2v) is 10.7. The van der Waals surface area contributed by atoms with Crippen LogP contribution in [0, 0.1) is 0 Å². The van der Waals surface area contributed by atoms with Gasteiger partial charge in [0.05, 0.1) is 11.2 Å². The maximum Gasteiger partial charge on any atom is 0.194 e. The molecule has 8 aromatic rings. The second-order valence-electron chi connectivity index (χ2n) is 10.7. The van der Waals surface area contributed by atoms with Crippen LogP contribution in [0.3, 0.4) is 0 Å². The van der Waals surface area contributed by atoms with Crippen LogP contribution in [0.25, 0.3) is 61.0 Å². The minimum atomic E-state index is 0.654. The number of benzene rings is 6. The lowest BCUT2D eigenvalue weighted by atomic mass is 10.1. The lowest BCUT2D eigenvalue weighted by molar-refractivity contribution is 0.363. The van der Waals surface area contributed by atoms with Crippen LogP contribution in [0.2, 0.25) is 0 Å². The van der Waals surface area contributed by atoms with Crippen LogP contribution >= 0.6 is 0 Å². The van der Waals surface area contributed by atoms with E-state index in [9.17, 15) is 0 Å². The molecule has 1 aliphatic heterocycles. The van der Waals surface area contributed by atoms with Crippen molar-refractivity contribution >= 4 is 32.6 Å². The van der Waals surface area contributed by atoms with Crippen molar-refractivity contribution in [1.29, 1.82) is 0 Å². The SMILES string of the molecule is c1ccc(-c2cc(-n3c4ccccc4c4ccc5c(c43)Oc3cc4ccccc4cc3O5)nc(-c3ccccc3)n2)cc1. The smallest absolute Gasteiger partial charge is 0.194 e. The number of hydrogen-bond acceptors (Lipinski definition) is 4. The summed E-state index contributed by atoms with van der Waals surface area (Å²) in [7, 11) is 0. The van der Waals surface area contributed by atoms with Crippen LogP contribution in [0.5, 0.6) is 23.0 Å². The predicted octanol–water partition coefficient (Wildman–Crippen LogP) is 9.96. The molecule has 0 aliphatic carbocycles. The second kappa shape index (κ2) is 9.29. The zero-order valence-corrected chi connectivity index (χ0v) is 22.9. The van der Waals surface area contributed by atoms with E-state index in [1.807, 2.05) is 78.9 Å². The van der Waals surface area contributed by atoms with Crippen molar-refractivity contribution in [2.75, 3.05) is 0 Å². The lowest BCUT2D eigenvalue weighted by Crippen LogP contribution is -2.05. The summed E-state index contributed by atoms with van der Waals surface area (Å²) >= 11 is 0. The van der Waals surface area contributed by atoms with E-state index < -0.39 is 0 Å².